The zero-order valence-electron chi connectivity index (χ0n) is 7.83. The van der Waals surface area contributed by atoms with E-state index in [1.807, 2.05) is 0 Å². The van der Waals surface area contributed by atoms with E-state index < -0.39 is 0 Å². The van der Waals surface area contributed by atoms with E-state index in [1.54, 1.807) is 24.2 Å². The van der Waals surface area contributed by atoms with Crippen molar-refractivity contribution < 1.29 is 0 Å². The molecule has 0 radical (unpaired) electrons. The molecule has 1 unspecified atom stereocenters. The first kappa shape index (κ1) is 10.8. The molecule has 1 heterocycles. The molecule has 0 N–H and O–H groups in total. The van der Waals surface area contributed by atoms with Crippen LogP contribution in [0.15, 0.2) is 17.4 Å². The van der Waals surface area contributed by atoms with Gasteiger partial charge in [-0.1, -0.05) is 31.9 Å². The molecular weight excluding hydrogens is 204 g/mol. The van der Waals surface area contributed by atoms with Crippen LogP contribution >= 0.6 is 23.4 Å². The summed E-state index contributed by atoms with van der Waals surface area (Å²) in [5, 5.41) is 1.38. The van der Waals surface area contributed by atoms with Crippen molar-refractivity contribution >= 4 is 23.4 Å². The molecule has 4 heteroatoms. The molecule has 1 aromatic rings. The second-order valence-electron chi connectivity index (χ2n) is 3.00. The van der Waals surface area contributed by atoms with Crippen LogP contribution in [-0.4, -0.2) is 15.7 Å². The molecular formula is C9H13ClN2S. The fourth-order valence-corrected chi connectivity index (χ4v) is 1.93. The van der Waals surface area contributed by atoms with Crippen LogP contribution in [-0.2, 0) is 0 Å². The van der Waals surface area contributed by atoms with E-state index in [9.17, 15) is 0 Å². The number of aromatic nitrogens is 2. The van der Waals surface area contributed by atoms with Gasteiger partial charge in [0.1, 0.15) is 10.2 Å². The largest absolute Gasteiger partial charge is 0.259 e. The summed E-state index contributed by atoms with van der Waals surface area (Å²) in [5.74, 6) is 1.79. The smallest absolute Gasteiger partial charge is 0.148 e. The van der Waals surface area contributed by atoms with Gasteiger partial charge in [-0.2, -0.15) is 0 Å². The lowest BCUT2D eigenvalue weighted by atomic mass is 10.2. The molecule has 0 spiro atoms. The average Bonchev–Trinajstić information content (AvgIpc) is 2.14. The highest BCUT2D eigenvalue weighted by Gasteiger charge is 2.02. The Hall–Kier alpha value is -0.280. The van der Waals surface area contributed by atoms with Crippen molar-refractivity contribution in [2.75, 3.05) is 5.75 Å². The molecule has 13 heavy (non-hydrogen) atoms. The molecule has 1 atom stereocenters. The van der Waals surface area contributed by atoms with Gasteiger partial charge in [0.2, 0.25) is 0 Å². The fraction of sp³-hybridized carbons (Fsp3) is 0.556. The minimum atomic E-state index is 0.467. The number of thioether (sulfide) groups is 1. The van der Waals surface area contributed by atoms with Gasteiger partial charge in [-0.05, 0) is 5.92 Å². The Labute approximate surface area is 88.1 Å². The van der Waals surface area contributed by atoms with Gasteiger partial charge in [0.05, 0.1) is 12.4 Å². The van der Waals surface area contributed by atoms with Crippen molar-refractivity contribution in [2.24, 2.45) is 5.92 Å². The SMILES string of the molecule is CCC(C)CSc1cncc(Cl)n1. The molecule has 72 valence electrons. The quantitative estimate of drug-likeness (QED) is 0.723. The summed E-state index contributed by atoms with van der Waals surface area (Å²) in [6.07, 6.45) is 4.49. The normalized spacial score (nSPS) is 12.8. The first-order valence-corrected chi connectivity index (χ1v) is 5.69. The molecule has 1 rings (SSSR count). The number of halogens is 1. The first-order chi connectivity index (χ1) is 6.22. The van der Waals surface area contributed by atoms with Gasteiger partial charge >= 0.3 is 0 Å². The van der Waals surface area contributed by atoms with Crippen LogP contribution in [0, 0.1) is 5.92 Å². The van der Waals surface area contributed by atoms with Crippen LogP contribution < -0.4 is 0 Å². The predicted octanol–water partition coefficient (Wildman–Crippen LogP) is 3.27. The van der Waals surface area contributed by atoms with E-state index in [0.717, 1.165) is 10.8 Å². The lowest BCUT2D eigenvalue weighted by Gasteiger charge is -2.06. The maximum atomic E-state index is 5.71. The van der Waals surface area contributed by atoms with Crippen LogP contribution in [0.25, 0.3) is 0 Å². The van der Waals surface area contributed by atoms with E-state index in [0.29, 0.717) is 11.1 Å². The fourth-order valence-electron chi connectivity index (χ4n) is 0.741. The average molecular weight is 217 g/mol. The second-order valence-corrected chi connectivity index (χ2v) is 4.43. The van der Waals surface area contributed by atoms with Crippen molar-refractivity contribution in [3.63, 3.8) is 0 Å². The van der Waals surface area contributed by atoms with E-state index in [-0.39, 0.29) is 0 Å². The molecule has 0 aliphatic rings. The zero-order chi connectivity index (χ0) is 9.68. The minimum Gasteiger partial charge on any atom is -0.259 e. The molecule has 0 amide bonds. The third-order valence-electron chi connectivity index (χ3n) is 1.80. The van der Waals surface area contributed by atoms with Gasteiger partial charge in [-0.15, -0.1) is 11.8 Å². The summed E-state index contributed by atoms with van der Waals surface area (Å²) >= 11 is 7.42. The van der Waals surface area contributed by atoms with Crippen molar-refractivity contribution in [3.05, 3.63) is 17.5 Å². The Morgan fingerprint density at radius 1 is 1.54 bits per heavy atom. The van der Waals surface area contributed by atoms with E-state index in [1.165, 1.54) is 6.42 Å². The Balaban J connectivity index is 2.45. The van der Waals surface area contributed by atoms with Crippen LogP contribution in [0.5, 0.6) is 0 Å². The third-order valence-corrected chi connectivity index (χ3v) is 3.21. The minimum absolute atomic E-state index is 0.467. The lowest BCUT2D eigenvalue weighted by molar-refractivity contribution is 0.636. The van der Waals surface area contributed by atoms with Crippen LogP contribution in [0.1, 0.15) is 20.3 Å². The molecule has 0 aliphatic heterocycles. The molecule has 0 aliphatic carbocycles. The van der Waals surface area contributed by atoms with E-state index >= 15 is 0 Å². The number of rotatable bonds is 4. The summed E-state index contributed by atoms with van der Waals surface area (Å²) in [5.41, 5.74) is 0. The van der Waals surface area contributed by atoms with Crippen molar-refractivity contribution in [1.82, 2.24) is 9.97 Å². The Morgan fingerprint density at radius 3 is 2.92 bits per heavy atom. The Morgan fingerprint density at radius 2 is 2.31 bits per heavy atom. The Bertz CT molecular complexity index is 268. The molecule has 1 aromatic heterocycles. The second kappa shape index (κ2) is 5.45. The molecule has 2 nitrogen and oxygen atoms in total. The van der Waals surface area contributed by atoms with E-state index in [2.05, 4.69) is 23.8 Å². The monoisotopic (exact) mass is 216 g/mol. The van der Waals surface area contributed by atoms with Gasteiger partial charge in [-0.3, -0.25) is 4.98 Å². The Kier molecular flexibility index (Phi) is 4.53. The van der Waals surface area contributed by atoms with Gasteiger partial charge in [-0.25, -0.2) is 4.98 Å². The van der Waals surface area contributed by atoms with Crippen LogP contribution in [0.4, 0.5) is 0 Å². The van der Waals surface area contributed by atoms with Gasteiger partial charge in [0.25, 0.3) is 0 Å². The highest BCUT2D eigenvalue weighted by atomic mass is 35.5. The first-order valence-electron chi connectivity index (χ1n) is 4.32. The predicted molar refractivity (Wildman–Crippen MR) is 57.2 cm³/mol. The topological polar surface area (TPSA) is 25.8 Å². The maximum absolute atomic E-state index is 5.71. The summed E-state index contributed by atoms with van der Waals surface area (Å²) in [6.45, 7) is 4.42. The van der Waals surface area contributed by atoms with Crippen molar-refractivity contribution in [2.45, 2.75) is 25.3 Å². The molecule has 0 aromatic carbocycles. The molecule has 0 saturated heterocycles. The number of nitrogens with zero attached hydrogens (tertiary/aromatic N) is 2. The summed E-state index contributed by atoms with van der Waals surface area (Å²) in [4.78, 5) is 8.12. The zero-order valence-corrected chi connectivity index (χ0v) is 9.40. The molecule has 0 bridgehead atoms. The third kappa shape index (κ3) is 3.96. The molecule has 0 saturated carbocycles. The summed E-state index contributed by atoms with van der Waals surface area (Å²) in [7, 11) is 0. The number of hydrogen-bond acceptors (Lipinski definition) is 3. The standard InChI is InChI=1S/C9H13ClN2S/c1-3-7(2)6-13-9-5-11-4-8(10)12-9/h4-5,7H,3,6H2,1-2H3. The van der Waals surface area contributed by atoms with Gasteiger partial charge in [0, 0.05) is 5.75 Å². The summed E-state index contributed by atoms with van der Waals surface area (Å²) < 4.78 is 0. The highest BCUT2D eigenvalue weighted by molar-refractivity contribution is 7.99. The van der Waals surface area contributed by atoms with Crippen molar-refractivity contribution in [3.8, 4) is 0 Å². The highest BCUT2D eigenvalue weighted by Crippen LogP contribution is 2.20. The number of hydrogen-bond donors (Lipinski definition) is 0. The van der Waals surface area contributed by atoms with Gasteiger partial charge < -0.3 is 0 Å². The van der Waals surface area contributed by atoms with Crippen LogP contribution in [0.2, 0.25) is 5.15 Å². The van der Waals surface area contributed by atoms with E-state index in [4.69, 9.17) is 11.6 Å². The maximum Gasteiger partial charge on any atom is 0.148 e. The lowest BCUT2D eigenvalue weighted by Crippen LogP contribution is -1.96. The van der Waals surface area contributed by atoms with Crippen molar-refractivity contribution in [1.29, 1.82) is 0 Å². The summed E-state index contributed by atoms with van der Waals surface area (Å²) in [6, 6.07) is 0. The van der Waals surface area contributed by atoms with Crippen LogP contribution in [0.3, 0.4) is 0 Å². The molecule has 0 fully saturated rings. The van der Waals surface area contributed by atoms with Gasteiger partial charge in [0.15, 0.2) is 0 Å².